The molecule has 7 nitrogen and oxygen atoms in total. The zero-order valence-corrected chi connectivity index (χ0v) is 20.7. The number of thioether (sulfide) groups is 1. The van der Waals surface area contributed by atoms with E-state index in [0.717, 1.165) is 18.4 Å². The van der Waals surface area contributed by atoms with Crippen molar-refractivity contribution in [3.8, 4) is 11.5 Å². The van der Waals surface area contributed by atoms with Crippen LogP contribution in [0, 0.1) is 0 Å². The molecule has 0 bridgehead atoms. The normalized spacial score (nSPS) is 18.1. The van der Waals surface area contributed by atoms with Crippen LogP contribution < -0.4 is 9.47 Å². The standard InChI is InChI=1S/C24H23ClF3N3O4S/c1-34-16-6-2-14(3-7-16)13-31-22(21(23(32)33)29-30-31)36-18-9-4-15(5-10-18)19-12-17(8-11-20(19)25)35-24(26,27)28/h2-3,6-8,11-12,15,18H,4-5,9-10,13H2,1H3,(H,32,33)/t15-,18-. The summed E-state index contributed by atoms with van der Waals surface area (Å²) in [6.07, 6.45) is -1.94. The van der Waals surface area contributed by atoms with Crippen molar-refractivity contribution >= 4 is 29.3 Å². The molecule has 1 aliphatic carbocycles. The molecule has 2 aromatic carbocycles. The number of hydrogen-bond acceptors (Lipinski definition) is 6. The van der Waals surface area contributed by atoms with E-state index in [2.05, 4.69) is 15.0 Å². The first-order valence-corrected chi connectivity index (χ1v) is 12.4. The smallest absolute Gasteiger partial charge is 0.497 e. The Hall–Kier alpha value is -2.92. The summed E-state index contributed by atoms with van der Waals surface area (Å²) in [6, 6.07) is 11.4. The van der Waals surface area contributed by atoms with E-state index in [9.17, 15) is 23.1 Å². The number of rotatable bonds is 8. The Morgan fingerprint density at radius 3 is 2.42 bits per heavy atom. The SMILES string of the molecule is COc1ccc(Cn2nnc(C(=O)O)c2S[C@H]2CC[C@H](c3cc(OC(F)(F)F)ccc3Cl)CC2)cc1. The lowest BCUT2D eigenvalue weighted by Crippen LogP contribution is -2.18. The van der Waals surface area contributed by atoms with E-state index < -0.39 is 12.3 Å². The summed E-state index contributed by atoms with van der Waals surface area (Å²) >= 11 is 7.71. The number of ether oxygens (including phenoxy) is 2. The molecule has 1 saturated carbocycles. The molecule has 0 spiro atoms. The van der Waals surface area contributed by atoms with Crippen LogP contribution in [-0.2, 0) is 6.54 Å². The van der Waals surface area contributed by atoms with E-state index in [0.29, 0.717) is 40.7 Å². The fraction of sp³-hybridized carbons (Fsp3) is 0.375. The molecule has 0 aliphatic heterocycles. The van der Waals surface area contributed by atoms with Gasteiger partial charge in [0.1, 0.15) is 16.5 Å². The lowest BCUT2D eigenvalue weighted by molar-refractivity contribution is -0.274. The molecule has 1 aromatic heterocycles. The van der Waals surface area contributed by atoms with Gasteiger partial charge in [-0.05, 0) is 73.1 Å². The molecule has 192 valence electrons. The highest BCUT2D eigenvalue weighted by molar-refractivity contribution is 7.99. The van der Waals surface area contributed by atoms with Crippen molar-refractivity contribution in [2.24, 2.45) is 0 Å². The van der Waals surface area contributed by atoms with E-state index in [4.69, 9.17) is 16.3 Å². The Bertz CT molecular complexity index is 1210. The quantitative estimate of drug-likeness (QED) is 0.353. The van der Waals surface area contributed by atoms with Gasteiger partial charge in [0, 0.05) is 10.3 Å². The Labute approximate surface area is 214 Å². The van der Waals surface area contributed by atoms with Gasteiger partial charge in [-0.2, -0.15) is 0 Å². The maximum absolute atomic E-state index is 12.6. The van der Waals surface area contributed by atoms with E-state index in [1.165, 1.54) is 30.0 Å². The lowest BCUT2D eigenvalue weighted by Gasteiger charge is -2.29. The van der Waals surface area contributed by atoms with Crippen LogP contribution in [0.5, 0.6) is 11.5 Å². The van der Waals surface area contributed by atoms with Crippen molar-refractivity contribution in [1.82, 2.24) is 15.0 Å². The van der Waals surface area contributed by atoms with Gasteiger partial charge in [-0.15, -0.1) is 30.0 Å². The van der Waals surface area contributed by atoms with E-state index in [-0.39, 0.29) is 22.6 Å². The highest BCUT2D eigenvalue weighted by Gasteiger charge is 2.32. The second kappa shape index (κ2) is 11.0. The van der Waals surface area contributed by atoms with Crippen LogP contribution >= 0.6 is 23.4 Å². The molecular formula is C24H23ClF3N3O4S. The number of aromatic nitrogens is 3. The average Bonchev–Trinajstić information content (AvgIpc) is 3.22. The Kier molecular flexibility index (Phi) is 7.99. The van der Waals surface area contributed by atoms with Crippen LogP contribution in [-0.4, -0.2) is 44.8 Å². The molecule has 0 amide bonds. The van der Waals surface area contributed by atoms with Crippen molar-refractivity contribution < 1.29 is 32.5 Å². The minimum atomic E-state index is -4.77. The van der Waals surface area contributed by atoms with Crippen molar-refractivity contribution in [3.63, 3.8) is 0 Å². The Balaban J connectivity index is 1.45. The summed E-state index contributed by atoms with van der Waals surface area (Å²) in [5.74, 6) is -0.753. The first kappa shape index (κ1) is 26.2. The maximum Gasteiger partial charge on any atom is 0.573 e. The number of halogens is 4. The number of benzene rings is 2. The summed E-state index contributed by atoms with van der Waals surface area (Å²) in [5.41, 5.74) is 1.44. The number of aromatic carboxylic acids is 1. The number of carboxylic acid groups (broad SMARTS) is 1. The second-order valence-electron chi connectivity index (χ2n) is 8.38. The second-order valence-corrected chi connectivity index (χ2v) is 10.1. The third kappa shape index (κ3) is 6.44. The predicted molar refractivity (Wildman–Crippen MR) is 128 cm³/mol. The largest absolute Gasteiger partial charge is 0.573 e. The molecule has 1 aliphatic rings. The minimum absolute atomic E-state index is 0.0209. The minimum Gasteiger partial charge on any atom is -0.497 e. The van der Waals surface area contributed by atoms with Crippen LogP contribution in [0.3, 0.4) is 0 Å². The van der Waals surface area contributed by atoms with Gasteiger partial charge in [0.2, 0.25) is 5.69 Å². The zero-order chi connectivity index (χ0) is 25.9. The first-order valence-electron chi connectivity index (χ1n) is 11.1. The number of methoxy groups -OCH3 is 1. The predicted octanol–water partition coefficient (Wildman–Crippen LogP) is 6.40. The molecule has 36 heavy (non-hydrogen) atoms. The topological polar surface area (TPSA) is 86.5 Å². The fourth-order valence-electron chi connectivity index (χ4n) is 4.24. The zero-order valence-electron chi connectivity index (χ0n) is 19.2. The number of alkyl halides is 3. The number of hydrogen-bond donors (Lipinski definition) is 1. The molecule has 0 atom stereocenters. The molecule has 4 rings (SSSR count). The molecule has 0 saturated heterocycles. The average molecular weight is 542 g/mol. The van der Waals surface area contributed by atoms with Crippen molar-refractivity contribution in [1.29, 1.82) is 0 Å². The fourth-order valence-corrected chi connectivity index (χ4v) is 5.80. The van der Waals surface area contributed by atoms with Gasteiger partial charge in [0.15, 0.2) is 0 Å². The summed E-state index contributed by atoms with van der Waals surface area (Å²) < 4.78 is 48.7. The molecule has 1 fully saturated rings. The van der Waals surface area contributed by atoms with Gasteiger partial charge in [-0.3, -0.25) is 0 Å². The maximum atomic E-state index is 12.6. The van der Waals surface area contributed by atoms with Crippen LogP contribution in [0.1, 0.15) is 53.2 Å². The van der Waals surface area contributed by atoms with E-state index >= 15 is 0 Å². The third-order valence-electron chi connectivity index (χ3n) is 5.98. The van der Waals surface area contributed by atoms with Gasteiger partial charge in [0.05, 0.1) is 13.7 Å². The third-order valence-corrected chi connectivity index (χ3v) is 7.75. The molecule has 1 heterocycles. The summed E-state index contributed by atoms with van der Waals surface area (Å²) in [7, 11) is 1.58. The van der Waals surface area contributed by atoms with Crippen molar-refractivity contribution in [2.75, 3.05) is 7.11 Å². The Morgan fingerprint density at radius 2 is 1.81 bits per heavy atom. The van der Waals surface area contributed by atoms with Gasteiger partial charge in [0.25, 0.3) is 0 Å². The highest BCUT2D eigenvalue weighted by Crippen LogP contribution is 2.43. The molecule has 0 unspecified atom stereocenters. The van der Waals surface area contributed by atoms with Crippen molar-refractivity contribution in [3.05, 3.63) is 64.3 Å². The van der Waals surface area contributed by atoms with E-state index in [1.54, 1.807) is 11.8 Å². The number of nitrogens with zero attached hydrogens (tertiary/aromatic N) is 3. The van der Waals surface area contributed by atoms with Crippen LogP contribution in [0.2, 0.25) is 5.02 Å². The summed E-state index contributed by atoms with van der Waals surface area (Å²) in [5, 5.41) is 18.5. The van der Waals surface area contributed by atoms with Crippen LogP contribution in [0.4, 0.5) is 13.2 Å². The molecule has 1 N–H and O–H groups in total. The van der Waals surface area contributed by atoms with Gasteiger partial charge < -0.3 is 14.6 Å². The van der Waals surface area contributed by atoms with E-state index in [1.807, 2.05) is 24.3 Å². The summed E-state index contributed by atoms with van der Waals surface area (Å²) in [4.78, 5) is 11.8. The van der Waals surface area contributed by atoms with Gasteiger partial charge >= 0.3 is 12.3 Å². The molecule has 0 radical (unpaired) electrons. The summed E-state index contributed by atoms with van der Waals surface area (Å²) in [6.45, 7) is 0.351. The Morgan fingerprint density at radius 1 is 1.14 bits per heavy atom. The monoisotopic (exact) mass is 541 g/mol. The lowest BCUT2D eigenvalue weighted by atomic mass is 9.84. The highest BCUT2D eigenvalue weighted by atomic mass is 35.5. The van der Waals surface area contributed by atoms with Gasteiger partial charge in [-0.25, -0.2) is 9.48 Å². The van der Waals surface area contributed by atoms with Crippen LogP contribution in [0.15, 0.2) is 47.5 Å². The molecule has 3 aromatic rings. The number of carbonyl (C=O) groups is 1. The molecular weight excluding hydrogens is 519 g/mol. The first-order chi connectivity index (χ1) is 17.1. The molecule has 12 heteroatoms. The van der Waals surface area contributed by atoms with Gasteiger partial charge in [-0.1, -0.05) is 28.9 Å². The number of carboxylic acids is 1. The van der Waals surface area contributed by atoms with Crippen LogP contribution in [0.25, 0.3) is 0 Å². The van der Waals surface area contributed by atoms with Crippen molar-refractivity contribution in [2.45, 2.75) is 54.8 Å².